The van der Waals surface area contributed by atoms with Crippen LogP contribution in [0.2, 0.25) is 0 Å². The number of benzene rings is 1. The van der Waals surface area contributed by atoms with Gasteiger partial charge >= 0.3 is 0 Å². The maximum absolute atomic E-state index is 13.3. The Hall–Kier alpha value is -3.22. The van der Waals surface area contributed by atoms with Crippen LogP contribution in [0.4, 0.5) is 10.7 Å². The molecule has 1 aliphatic carbocycles. The lowest BCUT2D eigenvalue weighted by Gasteiger charge is -2.34. The summed E-state index contributed by atoms with van der Waals surface area (Å²) in [7, 11) is 0. The molecule has 7 nitrogen and oxygen atoms in total. The number of thiazole rings is 1. The molecule has 0 saturated carbocycles. The first-order valence-corrected chi connectivity index (χ1v) is 13.4. The van der Waals surface area contributed by atoms with Crippen LogP contribution in [-0.2, 0) is 22.4 Å². The van der Waals surface area contributed by atoms with Gasteiger partial charge in [-0.15, -0.1) is 22.7 Å². The van der Waals surface area contributed by atoms with Gasteiger partial charge in [0.05, 0.1) is 22.0 Å². The summed E-state index contributed by atoms with van der Waals surface area (Å²) in [5.74, 6) is -0.00592. The van der Waals surface area contributed by atoms with Gasteiger partial charge in [-0.2, -0.15) is 5.26 Å². The standard InChI is InChI=1S/C26H26N4O3S2/c1-4-20-26(32)30(13-23(31)29-25-18(12-27)17-7-5-6-8-22(17)35-25)19-11-16(9-10-21(19)33-20)24-14(2)34-15(3)28-24/h9-11,20H,4-8,13H2,1-3H3,(H,29,31). The molecule has 0 bridgehead atoms. The molecule has 180 valence electrons. The number of amides is 2. The van der Waals surface area contributed by atoms with E-state index in [4.69, 9.17) is 4.74 Å². The van der Waals surface area contributed by atoms with Gasteiger partial charge in [-0.05, 0) is 69.7 Å². The number of fused-ring (bicyclic) bond motifs is 2. The molecule has 2 amide bonds. The molecule has 2 aromatic heterocycles. The number of rotatable bonds is 5. The topological polar surface area (TPSA) is 95.3 Å². The Kier molecular flexibility index (Phi) is 6.34. The van der Waals surface area contributed by atoms with E-state index in [-0.39, 0.29) is 18.4 Å². The molecule has 35 heavy (non-hydrogen) atoms. The minimum Gasteiger partial charge on any atom is -0.478 e. The van der Waals surface area contributed by atoms with Gasteiger partial charge in [0.2, 0.25) is 5.91 Å². The smallest absolute Gasteiger partial charge is 0.268 e. The molecule has 3 aromatic rings. The van der Waals surface area contributed by atoms with Crippen LogP contribution >= 0.6 is 22.7 Å². The van der Waals surface area contributed by atoms with Crippen molar-refractivity contribution in [3.63, 3.8) is 0 Å². The first-order valence-electron chi connectivity index (χ1n) is 11.8. The maximum atomic E-state index is 13.3. The Balaban J connectivity index is 1.45. The summed E-state index contributed by atoms with van der Waals surface area (Å²) in [5, 5.41) is 14.2. The predicted molar refractivity (Wildman–Crippen MR) is 138 cm³/mol. The minimum atomic E-state index is -0.645. The fourth-order valence-corrected chi connectivity index (χ4v) is 6.87. The van der Waals surface area contributed by atoms with Crippen LogP contribution in [0.25, 0.3) is 11.3 Å². The van der Waals surface area contributed by atoms with Crippen LogP contribution in [0, 0.1) is 25.2 Å². The molecule has 1 unspecified atom stereocenters. The van der Waals surface area contributed by atoms with Crippen LogP contribution < -0.4 is 15.0 Å². The molecule has 0 radical (unpaired) electrons. The van der Waals surface area contributed by atoms with Crippen molar-refractivity contribution in [2.45, 2.75) is 59.0 Å². The molecule has 1 atom stereocenters. The highest BCUT2D eigenvalue weighted by atomic mass is 32.1. The van der Waals surface area contributed by atoms with Gasteiger partial charge in [0, 0.05) is 15.3 Å². The van der Waals surface area contributed by atoms with Gasteiger partial charge in [0.25, 0.3) is 5.91 Å². The van der Waals surface area contributed by atoms with Crippen molar-refractivity contribution in [1.29, 1.82) is 5.26 Å². The van der Waals surface area contributed by atoms with E-state index in [1.54, 1.807) is 11.3 Å². The molecule has 1 aromatic carbocycles. The van der Waals surface area contributed by atoms with Gasteiger partial charge < -0.3 is 10.1 Å². The van der Waals surface area contributed by atoms with E-state index in [9.17, 15) is 14.9 Å². The number of nitrogens with zero attached hydrogens (tertiary/aromatic N) is 3. The highest BCUT2D eigenvalue weighted by Gasteiger charge is 2.35. The number of ether oxygens (including phenoxy) is 1. The Bertz CT molecular complexity index is 1370. The second-order valence-corrected chi connectivity index (χ2v) is 11.3. The first-order chi connectivity index (χ1) is 16.9. The van der Waals surface area contributed by atoms with E-state index in [2.05, 4.69) is 16.4 Å². The fourth-order valence-electron chi connectivity index (χ4n) is 4.77. The van der Waals surface area contributed by atoms with Crippen LogP contribution in [0.1, 0.15) is 52.1 Å². The molecule has 0 fully saturated rings. The van der Waals surface area contributed by atoms with E-state index >= 15 is 0 Å². The van der Waals surface area contributed by atoms with Crippen molar-refractivity contribution in [2.24, 2.45) is 0 Å². The SMILES string of the molecule is CCC1Oc2ccc(-c3nc(C)sc3C)cc2N(CC(=O)Nc2sc3c(c2C#N)CCCC3)C1=O. The predicted octanol–water partition coefficient (Wildman–Crippen LogP) is 5.38. The van der Waals surface area contributed by atoms with Gasteiger partial charge in [0.1, 0.15) is 23.4 Å². The fraction of sp³-hybridized carbons (Fsp3) is 0.385. The molecule has 5 rings (SSSR count). The van der Waals surface area contributed by atoms with Gasteiger partial charge in [0.15, 0.2) is 6.10 Å². The average molecular weight is 507 g/mol. The number of thiophene rings is 1. The lowest BCUT2D eigenvalue weighted by atomic mass is 9.96. The summed E-state index contributed by atoms with van der Waals surface area (Å²) >= 11 is 3.10. The van der Waals surface area contributed by atoms with Crippen LogP contribution in [0.5, 0.6) is 5.75 Å². The number of carbonyl (C=O) groups excluding carboxylic acids is 2. The van der Waals surface area contributed by atoms with Gasteiger partial charge in [-0.1, -0.05) is 6.92 Å². The highest BCUT2D eigenvalue weighted by Crippen LogP contribution is 2.40. The zero-order chi connectivity index (χ0) is 24.7. The quantitative estimate of drug-likeness (QED) is 0.501. The number of anilines is 2. The third kappa shape index (κ3) is 4.32. The average Bonchev–Trinajstić information content (AvgIpc) is 3.38. The number of hydrogen-bond acceptors (Lipinski definition) is 7. The molecular weight excluding hydrogens is 480 g/mol. The normalized spacial score (nSPS) is 16.8. The maximum Gasteiger partial charge on any atom is 0.268 e. The summed E-state index contributed by atoms with van der Waals surface area (Å²) in [6, 6.07) is 7.94. The number of aromatic nitrogens is 1. The molecule has 2 aliphatic rings. The van der Waals surface area contributed by atoms with E-state index in [1.165, 1.54) is 21.1 Å². The number of hydrogen-bond donors (Lipinski definition) is 1. The van der Waals surface area contributed by atoms with Crippen molar-refractivity contribution in [3.8, 4) is 23.1 Å². The number of nitrogens with one attached hydrogen (secondary N) is 1. The largest absolute Gasteiger partial charge is 0.478 e. The van der Waals surface area contributed by atoms with Gasteiger partial charge in [-0.3, -0.25) is 14.5 Å². The Morgan fingerprint density at radius 2 is 2.09 bits per heavy atom. The highest BCUT2D eigenvalue weighted by molar-refractivity contribution is 7.16. The van der Waals surface area contributed by atoms with Crippen molar-refractivity contribution < 1.29 is 14.3 Å². The van der Waals surface area contributed by atoms with Crippen LogP contribution in [0.3, 0.4) is 0 Å². The molecular formula is C26H26N4O3S2. The summed E-state index contributed by atoms with van der Waals surface area (Å²) in [4.78, 5) is 34.8. The Labute approximate surface area is 212 Å². The molecule has 1 N–H and O–H groups in total. The lowest BCUT2D eigenvalue weighted by molar-refractivity contribution is -0.128. The second kappa shape index (κ2) is 9.44. The van der Waals surface area contributed by atoms with Crippen molar-refractivity contribution in [1.82, 2.24) is 4.98 Å². The van der Waals surface area contributed by atoms with Crippen molar-refractivity contribution in [2.75, 3.05) is 16.8 Å². The third-order valence-corrected chi connectivity index (χ3v) is 8.54. The number of aryl methyl sites for hydroxylation is 3. The summed E-state index contributed by atoms with van der Waals surface area (Å²) < 4.78 is 5.96. The zero-order valence-corrected chi connectivity index (χ0v) is 21.6. The zero-order valence-electron chi connectivity index (χ0n) is 19.9. The first kappa shape index (κ1) is 23.5. The van der Waals surface area contributed by atoms with E-state index in [0.29, 0.717) is 28.4 Å². The van der Waals surface area contributed by atoms with Crippen LogP contribution in [0.15, 0.2) is 18.2 Å². The van der Waals surface area contributed by atoms with Crippen molar-refractivity contribution in [3.05, 3.63) is 44.1 Å². The van der Waals surface area contributed by atoms with Gasteiger partial charge in [-0.25, -0.2) is 4.98 Å². The number of nitriles is 1. The molecule has 3 heterocycles. The lowest BCUT2D eigenvalue weighted by Crippen LogP contribution is -2.48. The minimum absolute atomic E-state index is 0.155. The molecule has 1 aliphatic heterocycles. The molecule has 0 spiro atoms. The van der Waals surface area contributed by atoms with E-state index in [1.807, 2.05) is 39.0 Å². The monoisotopic (exact) mass is 506 g/mol. The van der Waals surface area contributed by atoms with Crippen molar-refractivity contribution >= 4 is 45.2 Å². The van der Waals surface area contributed by atoms with Crippen LogP contribution in [-0.4, -0.2) is 29.4 Å². The third-order valence-electron chi connectivity index (χ3n) is 6.45. The second-order valence-electron chi connectivity index (χ2n) is 8.83. The summed E-state index contributed by atoms with van der Waals surface area (Å²) in [5.41, 5.74) is 3.93. The Morgan fingerprint density at radius 3 is 2.80 bits per heavy atom. The summed E-state index contributed by atoms with van der Waals surface area (Å²) in [6.07, 6.45) is 3.83. The summed E-state index contributed by atoms with van der Waals surface area (Å²) in [6.45, 7) is 5.72. The molecule has 0 saturated heterocycles. The van der Waals surface area contributed by atoms with E-state index in [0.717, 1.165) is 52.4 Å². The Morgan fingerprint density at radius 1 is 1.29 bits per heavy atom. The van der Waals surface area contributed by atoms with E-state index < -0.39 is 6.10 Å². The number of carbonyl (C=O) groups is 2. The molecule has 9 heteroatoms.